The molecule has 2 aromatic carbocycles. The maximum atomic E-state index is 13.9. The van der Waals surface area contributed by atoms with E-state index in [0.717, 1.165) is 35.2 Å². The van der Waals surface area contributed by atoms with Crippen LogP contribution in [0.25, 0.3) is 0 Å². The Morgan fingerprint density at radius 2 is 2.02 bits per heavy atom. The maximum absolute atomic E-state index is 13.9. The Kier molecular flexibility index (Phi) is 8.03. The number of Topliss-reactive ketones (excluding diaryl/α,β-unsaturated/α-hetero) is 1. The number of ether oxygens (including phenoxy) is 1. The molecule has 0 saturated carbocycles. The highest BCUT2D eigenvalue weighted by Crippen LogP contribution is 2.52. The van der Waals surface area contributed by atoms with Crippen LogP contribution in [0.1, 0.15) is 38.2 Å². The average molecular weight is 609 g/mol. The minimum Gasteiger partial charge on any atom is -0.496 e. The number of hydrogen-bond acceptors (Lipinski definition) is 10. The monoisotopic (exact) mass is 608 g/mol. The molecule has 216 valence electrons. The van der Waals surface area contributed by atoms with E-state index >= 15 is 0 Å². The zero-order valence-electron chi connectivity index (χ0n) is 22.9. The van der Waals surface area contributed by atoms with E-state index in [0.29, 0.717) is 51.0 Å². The number of allylic oxidation sites excluding steroid dienone is 3. The van der Waals surface area contributed by atoms with E-state index in [9.17, 15) is 23.6 Å². The number of thioether (sulfide) groups is 1. The fraction of sp³-hybridized carbons (Fsp3) is 0.276. The maximum Gasteiger partial charge on any atom is 0.234 e. The van der Waals surface area contributed by atoms with Crippen LogP contribution in [0.15, 0.2) is 69.5 Å². The molecule has 1 aliphatic carbocycles. The molecule has 13 heteroatoms. The summed E-state index contributed by atoms with van der Waals surface area (Å²) < 4.78 is 33.1. The van der Waals surface area contributed by atoms with Crippen LogP contribution in [0.4, 0.5) is 19.6 Å². The van der Waals surface area contributed by atoms with Crippen molar-refractivity contribution in [1.82, 2.24) is 10.2 Å². The highest BCUT2D eigenvalue weighted by atomic mass is 32.2. The average Bonchev–Trinajstić information content (AvgIpc) is 3.40. The van der Waals surface area contributed by atoms with Crippen molar-refractivity contribution in [3.63, 3.8) is 0 Å². The van der Waals surface area contributed by atoms with Crippen molar-refractivity contribution in [2.45, 2.75) is 36.9 Å². The summed E-state index contributed by atoms with van der Waals surface area (Å²) in [6.45, 7) is 3.99. The van der Waals surface area contributed by atoms with Crippen molar-refractivity contribution in [2.24, 2.45) is 11.1 Å². The van der Waals surface area contributed by atoms with Gasteiger partial charge in [0.15, 0.2) is 10.1 Å². The first kappa shape index (κ1) is 29.2. The summed E-state index contributed by atoms with van der Waals surface area (Å²) in [4.78, 5) is 27.8. The number of halogens is 2. The molecule has 3 N–H and O–H groups in total. The molecule has 9 nitrogen and oxygen atoms in total. The van der Waals surface area contributed by atoms with Gasteiger partial charge >= 0.3 is 0 Å². The number of rotatable bonds is 7. The number of nitrogens with zero attached hydrogens (tertiary/aromatic N) is 4. The lowest BCUT2D eigenvalue weighted by molar-refractivity contribution is -0.118. The zero-order valence-corrected chi connectivity index (χ0v) is 24.5. The van der Waals surface area contributed by atoms with Gasteiger partial charge in [-0.2, -0.15) is 5.26 Å². The summed E-state index contributed by atoms with van der Waals surface area (Å²) >= 11 is 2.21. The van der Waals surface area contributed by atoms with Gasteiger partial charge in [0.05, 0.1) is 36.1 Å². The molecule has 1 aromatic heterocycles. The van der Waals surface area contributed by atoms with Crippen LogP contribution in [0.3, 0.4) is 0 Å². The Hall–Kier alpha value is -4.28. The molecule has 42 heavy (non-hydrogen) atoms. The molecular formula is C29H26F2N6O3S2. The minimum absolute atomic E-state index is 0.0915. The van der Waals surface area contributed by atoms with Crippen LogP contribution in [0.5, 0.6) is 5.75 Å². The Bertz CT molecular complexity index is 1690. The van der Waals surface area contributed by atoms with Crippen LogP contribution in [-0.2, 0) is 9.59 Å². The van der Waals surface area contributed by atoms with E-state index in [1.54, 1.807) is 11.0 Å². The fourth-order valence-corrected chi connectivity index (χ4v) is 6.88. The Morgan fingerprint density at radius 1 is 1.26 bits per heavy atom. The highest BCUT2D eigenvalue weighted by molar-refractivity contribution is 8.01. The molecule has 2 heterocycles. The van der Waals surface area contributed by atoms with Gasteiger partial charge in [0.2, 0.25) is 11.0 Å². The number of anilines is 2. The van der Waals surface area contributed by atoms with Crippen molar-refractivity contribution in [1.29, 1.82) is 5.26 Å². The third kappa shape index (κ3) is 5.60. The SMILES string of the molecule is COc1ccccc1C1C(C#N)=C(N)N(c2nnc(SCC(=O)Nc3ccc(F)cc3F)s2)C2=C1C(=O)CC(C)(C)C2. The second kappa shape index (κ2) is 11.5. The Balaban J connectivity index is 1.47. The standard InChI is InChI=1S/C29H26F2N6O3S2/c1-29(2)11-20-25(21(38)12-29)24(16-6-4-5-7-22(16)40-3)17(13-32)26(33)37(20)27-35-36-28(42-27)41-14-23(39)34-19-9-8-15(30)10-18(19)31/h4-10,24H,11-12,14,33H2,1-3H3,(H,34,39). The molecular weight excluding hydrogens is 582 g/mol. The number of nitriles is 1. The molecule has 1 unspecified atom stereocenters. The molecule has 5 rings (SSSR count). The second-order valence-electron chi connectivity index (χ2n) is 10.5. The number of benzene rings is 2. The molecule has 1 amide bonds. The molecule has 1 atom stereocenters. The van der Waals surface area contributed by atoms with Crippen molar-refractivity contribution in [2.75, 3.05) is 23.1 Å². The molecule has 1 aliphatic heterocycles. The first-order valence-electron chi connectivity index (χ1n) is 12.8. The number of amides is 1. The molecule has 2 aliphatic rings. The summed E-state index contributed by atoms with van der Waals surface area (Å²) in [5.41, 5.74) is 8.12. The van der Waals surface area contributed by atoms with Gasteiger partial charge in [-0.05, 0) is 30.0 Å². The molecule has 0 spiro atoms. The number of nitrogens with one attached hydrogen (secondary N) is 1. The predicted octanol–water partition coefficient (Wildman–Crippen LogP) is 5.50. The van der Waals surface area contributed by atoms with E-state index in [1.807, 2.05) is 32.0 Å². The van der Waals surface area contributed by atoms with E-state index in [4.69, 9.17) is 10.5 Å². The van der Waals surface area contributed by atoms with E-state index in [1.165, 1.54) is 7.11 Å². The lowest BCUT2D eigenvalue weighted by atomic mass is 9.68. The highest BCUT2D eigenvalue weighted by Gasteiger charge is 2.46. The third-order valence-electron chi connectivity index (χ3n) is 6.95. The largest absolute Gasteiger partial charge is 0.496 e. The van der Waals surface area contributed by atoms with Gasteiger partial charge in [-0.15, -0.1) is 10.2 Å². The summed E-state index contributed by atoms with van der Waals surface area (Å²) in [6, 6.07) is 12.3. The van der Waals surface area contributed by atoms with Crippen LogP contribution in [0, 0.1) is 28.4 Å². The topological polar surface area (TPSA) is 134 Å². The van der Waals surface area contributed by atoms with Gasteiger partial charge in [0.1, 0.15) is 23.2 Å². The van der Waals surface area contributed by atoms with Crippen LogP contribution >= 0.6 is 23.1 Å². The van der Waals surface area contributed by atoms with Crippen molar-refractivity contribution in [3.8, 4) is 11.8 Å². The van der Waals surface area contributed by atoms with E-state index in [-0.39, 0.29) is 34.0 Å². The Morgan fingerprint density at radius 3 is 2.74 bits per heavy atom. The number of methoxy groups -OCH3 is 1. The smallest absolute Gasteiger partial charge is 0.234 e. The van der Waals surface area contributed by atoms with Crippen LogP contribution in [0.2, 0.25) is 0 Å². The van der Waals surface area contributed by atoms with Crippen molar-refractivity contribution < 1.29 is 23.1 Å². The van der Waals surface area contributed by atoms with Crippen molar-refractivity contribution >= 4 is 45.6 Å². The summed E-state index contributed by atoms with van der Waals surface area (Å²) in [5, 5.41) is 21.5. The third-order valence-corrected chi connectivity index (χ3v) is 8.99. The number of aromatic nitrogens is 2. The van der Waals surface area contributed by atoms with Gasteiger partial charge < -0.3 is 15.8 Å². The normalized spacial score (nSPS) is 18.0. The summed E-state index contributed by atoms with van der Waals surface area (Å²) in [7, 11) is 1.53. The summed E-state index contributed by atoms with van der Waals surface area (Å²) in [5.74, 6) is -2.39. The van der Waals surface area contributed by atoms with Crippen molar-refractivity contribution in [3.05, 3.63) is 82.3 Å². The molecule has 0 fully saturated rings. The number of carbonyl (C=O) groups excluding carboxylic acids is 2. The number of para-hydroxylation sites is 1. The minimum atomic E-state index is -0.882. The van der Waals surface area contributed by atoms with E-state index < -0.39 is 23.5 Å². The zero-order chi connectivity index (χ0) is 30.2. The molecule has 3 aromatic rings. The van der Waals surface area contributed by atoms with Crippen LogP contribution < -0.4 is 20.7 Å². The predicted molar refractivity (Wildman–Crippen MR) is 156 cm³/mol. The quantitative estimate of drug-likeness (QED) is 0.334. The van der Waals surface area contributed by atoms with Crippen LogP contribution in [-0.4, -0.2) is 34.8 Å². The van der Waals surface area contributed by atoms with E-state index in [2.05, 4.69) is 21.6 Å². The molecule has 0 bridgehead atoms. The van der Waals surface area contributed by atoms with Gasteiger partial charge in [0, 0.05) is 29.3 Å². The fourth-order valence-electron chi connectivity index (χ4n) is 5.20. The second-order valence-corrected chi connectivity index (χ2v) is 12.7. The Labute approximate surface area is 249 Å². The van der Waals surface area contributed by atoms with Gasteiger partial charge in [0.25, 0.3) is 0 Å². The molecule has 0 radical (unpaired) electrons. The number of carbonyl (C=O) groups is 2. The lowest BCUT2D eigenvalue weighted by Gasteiger charge is -2.42. The summed E-state index contributed by atoms with van der Waals surface area (Å²) in [6.07, 6.45) is 0.789. The first-order valence-corrected chi connectivity index (χ1v) is 14.6. The first-order chi connectivity index (χ1) is 20.0. The molecule has 0 saturated heterocycles. The van der Waals surface area contributed by atoms with Gasteiger partial charge in [-0.1, -0.05) is 55.1 Å². The number of nitrogens with two attached hydrogens (primary N) is 1. The number of hydrogen-bond donors (Lipinski definition) is 2. The number of ketones is 1. The van der Waals surface area contributed by atoms with Gasteiger partial charge in [-0.3, -0.25) is 14.5 Å². The lowest BCUT2D eigenvalue weighted by Crippen LogP contribution is -2.42. The van der Waals surface area contributed by atoms with Gasteiger partial charge in [-0.25, -0.2) is 8.78 Å².